The third kappa shape index (κ3) is 3.76. The van der Waals surface area contributed by atoms with Crippen LogP contribution in [0.25, 0.3) is 28.3 Å². The fourth-order valence-corrected chi connectivity index (χ4v) is 3.62. The van der Waals surface area contributed by atoms with Crippen LogP contribution in [0.5, 0.6) is 11.5 Å². The summed E-state index contributed by atoms with van der Waals surface area (Å²) in [4.78, 5) is 13.8. The quantitative estimate of drug-likeness (QED) is 0.487. The van der Waals surface area contributed by atoms with Crippen LogP contribution in [0.4, 0.5) is 5.95 Å². The van der Waals surface area contributed by atoms with Crippen molar-refractivity contribution in [1.82, 2.24) is 24.6 Å². The van der Waals surface area contributed by atoms with Gasteiger partial charge in [-0.2, -0.15) is 5.10 Å². The molecule has 4 aromatic rings. The fraction of sp³-hybridized carbons (Fsp3) is 0.304. The lowest BCUT2D eigenvalue weighted by Gasteiger charge is -2.10. The summed E-state index contributed by atoms with van der Waals surface area (Å²) in [6.07, 6.45) is 4.33. The third-order valence-corrected chi connectivity index (χ3v) is 5.48. The summed E-state index contributed by atoms with van der Waals surface area (Å²) in [5.74, 6) is 2.72. The lowest BCUT2D eigenvalue weighted by molar-refractivity contribution is 0.355. The predicted octanol–water partition coefficient (Wildman–Crippen LogP) is 4.00. The van der Waals surface area contributed by atoms with E-state index in [-0.39, 0.29) is 0 Å². The molecule has 8 heteroatoms. The van der Waals surface area contributed by atoms with Crippen molar-refractivity contribution >= 4 is 11.6 Å². The monoisotopic (exact) mass is 416 g/mol. The van der Waals surface area contributed by atoms with Gasteiger partial charge >= 0.3 is 0 Å². The minimum absolute atomic E-state index is 0.634. The van der Waals surface area contributed by atoms with E-state index in [0.29, 0.717) is 17.4 Å². The Kier molecular flexibility index (Phi) is 4.89. The van der Waals surface area contributed by atoms with Gasteiger partial charge in [-0.1, -0.05) is 0 Å². The first-order valence-electron chi connectivity index (χ1n) is 10.3. The Morgan fingerprint density at radius 1 is 1.00 bits per heavy atom. The predicted molar refractivity (Wildman–Crippen MR) is 119 cm³/mol. The van der Waals surface area contributed by atoms with Gasteiger partial charge in [-0.05, 0) is 62.1 Å². The zero-order valence-corrected chi connectivity index (χ0v) is 17.8. The summed E-state index contributed by atoms with van der Waals surface area (Å²) < 4.78 is 12.6. The average molecular weight is 416 g/mol. The minimum Gasteiger partial charge on any atom is -0.493 e. The number of rotatable bonds is 7. The number of hydrogen-bond donors (Lipinski definition) is 1. The smallest absolute Gasteiger partial charge is 0.223 e. The van der Waals surface area contributed by atoms with E-state index in [4.69, 9.17) is 19.6 Å². The van der Waals surface area contributed by atoms with E-state index in [0.717, 1.165) is 46.4 Å². The van der Waals surface area contributed by atoms with Gasteiger partial charge in [0.1, 0.15) is 5.69 Å². The van der Waals surface area contributed by atoms with Crippen LogP contribution in [0.15, 0.2) is 42.6 Å². The normalized spacial score (nSPS) is 13.4. The maximum Gasteiger partial charge on any atom is 0.223 e. The molecule has 0 radical (unpaired) electrons. The van der Waals surface area contributed by atoms with Crippen LogP contribution in [-0.2, 0) is 0 Å². The molecule has 0 spiro atoms. The number of fused-ring (bicyclic) bond motifs is 1. The molecule has 1 aliphatic rings. The van der Waals surface area contributed by atoms with Gasteiger partial charge in [0.2, 0.25) is 5.95 Å². The Morgan fingerprint density at radius 2 is 1.84 bits per heavy atom. The Hall–Kier alpha value is -3.68. The molecule has 31 heavy (non-hydrogen) atoms. The fourth-order valence-electron chi connectivity index (χ4n) is 3.62. The summed E-state index contributed by atoms with van der Waals surface area (Å²) in [6, 6.07) is 11.6. The highest BCUT2D eigenvalue weighted by Crippen LogP contribution is 2.32. The van der Waals surface area contributed by atoms with Gasteiger partial charge in [0.25, 0.3) is 0 Å². The van der Waals surface area contributed by atoms with E-state index in [2.05, 4.69) is 15.3 Å². The molecule has 1 saturated carbocycles. The second-order valence-corrected chi connectivity index (χ2v) is 7.69. The highest BCUT2D eigenvalue weighted by Gasteiger charge is 2.21. The van der Waals surface area contributed by atoms with E-state index in [1.165, 1.54) is 12.8 Å². The largest absolute Gasteiger partial charge is 0.493 e. The Bertz CT molecular complexity index is 1250. The topological polar surface area (TPSA) is 86.5 Å². The van der Waals surface area contributed by atoms with E-state index in [1.807, 2.05) is 47.8 Å². The number of ether oxygens (including phenoxy) is 2. The molecule has 1 N–H and O–H groups in total. The molecule has 1 aromatic carbocycles. The van der Waals surface area contributed by atoms with Crippen molar-refractivity contribution in [3.05, 3.63) is 48.3 Å². The standard InChI is InChI=1S/C23H24N6O2/c1-14-22(18-10-11-24-23(27-18)25-13-15-4-5-15)29-21(26-14)9-7-17(28-29)16-6-8-19(30-2)20(12-16)31-3/h6-12,15H,4-5,13H2,1-3H3,(H,24,25,27). The molecule has 0 atom stereocenters. The van der Waals surface area contributed by atoms with Gasteiger partial charge in [0.15, 0.2) is 17.1 Å². The summed E-state index contributed by atoms with van der Waals surface area (Å²) in [5.41, 5.74) is 5.00. The number of nitrogens with zero attached hydrogens (tertiary/aromatic N) is 5. The molecule has 1 fully saturated rings. The lowest BCUT2D eigenvalue weighted by atomic mass is 10.1. The maximum absolute atomic E-state index is 5.44. The number of nitrogens with one attached hydrogen (secondary N) is 1. The van der Waals surface area contributed by atoms with Crippen molar-refractivity contribution in [1.29, 1.82) is 0 Å². The highest BCUT2D eigenvalue weighted by molar-refractivity contribution is 5.68. The second-order valence-electron chi connectivity index (χ2n) is 7.69. The first-order valence-corrected chi connectivity index (χ1v) is 10.3. The van der Waals surface area contributed by atoms with Crippen LogP contribution in [0.1, 0.15) is 18.5 Å². The molecule has 5 rings (SSSR count). The van der Waals surface area contributed by atoms with Crippen LogP contribution in [-0.4, -0.2) is 45.3 Å². The third-order valence-electron chi connectivity index (χ3n) is 5.48. The molecule has 3 heterocycles. The van der Waals surface area contributed by atoms with Crippen LogP contribution in [0.3, 0.4) is 0 Å². The van der Waals surface area contributed by atoms with Gasteiger partial charge in [-0.25, -0.2) is 19.5 Å². The number of hydrogen-bond acceptors (Lipinski definition) is 7. The molecule has 0 amide bonds. The van der Waals surface area contributed by atoms with Crippen LogP contribution in [0, 0.1) is 12.8 Å². The summed E-state index contributed by atoms with van der Waals surface area (Å²) in [5, 5.41) is 8.20. The molecule has 0 bridgehead atoms. The highest BCUT2D eigenvalue weighted by atomic mass is 16.5. The molecule has 3 aromatic heterocycles. The SMILES string of the molecule is COc1ccc(-c2ccc3nc(C)c(-c4ccnc(NCC5CC5)n4)n3n2)cc1OC. The number of methoxy groups -OCH3 is 2. The molecule has 8 nitrogen and oxygen atoms in total. The zero-order chi connectivity index (χ0) is 21.4. The van der Waals surface area contributed by atoms with Crippen molar-refractivity contribution in [2.75, 3.05) is 26.1 Å². The van der Waals surface area contributed by atoms with Crippen LogP contribution < -0.4 is 14.8 Å². The van der Waals surface area contributed by atoms with Gasteiger partial charge in [-0.15, -0.1) is 0 Å². The minimum atomic E-state index is 0.634. The molecular weight excluding hydrogens is 392 g/mol. The van der Waals surface area contributed by atoms with E-state index < -0.39 is 0 Å². The van der Waals surface area contributed by atoms with Crippen molar-refractivity contribution in [2.45, 2.75) is 19.8 Å². The summed E-state index contributed by atoms with van der Waals surface area (Å²) >= 11 is 0. The summed E-state index contributed by atoms with van der Waals surface area (Å²) in [6.45, 7) is 2.89. The Labute approximate surface area is 180 Å². The van der Waals surface area contributed by atoms with Crippen molar-refractivity contribution in [2.24, 2.45) is 5.92 Å². The maximum atomic E-state index is 5.44. The number of imidazole rings is 1. The zero-order valence-electron chi connectivity index (χ0n) is 17.8. The molecule has 158 valence electrons. The Morgan fingerprint density at radius 3 is 2.61 bits per heavy atom. The molecule has 1 aliphatic carbocycles. The first kappa shape index (κ1) is 19.3. The van der Waals surface area contributed by atoms with Gasteiger partial charge in [-0.3, -0.25) is 0 Å². The number of anilines is 1. The molecule has 0 aliphatic heterocycles. The second kappa shape index (κ2) is 7.86. The van der Waals surface area contributed by atoms with Crippen LogP contribution in [0.2, 0.25) is 0 Å². The first-order chi connectivity index (χ1) is 15.2. The van der Waals surface area contributed by atoms with Crippen molar-refractivity contribution in [3.63, 3.8) is 0 Å². The van der Waals surface area contributed by atoms with E-state index in [9.17, 15) is 0 Å². The van der Waals surface area contributed by atoms with Gasteiger partial charge in [0.05, 0.1) is 31.3 Å². The molecular formula is C23H24N6O2. The van der Waals surface area contributed by atoms with E-state index in [1.54, 1.807) is 20.4 Å². The average Bonchev–Trinajstić information content (AvgIpc) is 3.57. The lowest BCUT2D eigenvalue weighted by Crippen LogP contribution is -2.07. The Balaban J connectivity index is 1.55. The van der Waals surface area contributed by atoms with Crippen molar-refractivity contribution in [3.8, 4) is 34.1 Å². The summed E-state index contributed by atoms with van der Waals surface area (Å²) in [7, 11) is 3.25. The number of aryl methyl sites for hydroxylation is 1. The van der Waals surface area contributed by atoms with Gasteiger partial charge < -0.3 is 14.8 Å². The molecule has 0 saturated heterocycles. The molecule has 0 unspecified atom stereocenters. The van der Waals surface area contributed by atoms with Crippen LogP contribution >= 0.6 is 0 Å². The van der Waals surface area contributed by atoms with Crippen molar-refractivity contribution < 1.29 is 9.47 Å². The number of benzene rings is 1. The van der Waals surface area contributed by atoms with Gasteiger partial charge in [0, 0.05) is 18.3 Å². The van der Waals surface area contributed by atoms with E-state index >= 15 is 0 Å². The number of aromatic nitrogens is 5.